The Hall–Kier alpha value is -3.80. The van der Waals surface area contributed by atoms with Gasteiger partial charge in [-0.2, -0.15) is 9.78 Å². The van der Waals surface area contributed by atoms with Crippen LogP contribution >= 0.6 is 0 Å². The van der Waals surface area contributed by atoms with Gasteiger partial charge in [-0.1, -0.05) is 36.4 Å². The van der Waals surface area contributed by atoms with Crippen molar-refractivity contribution in [3.8, 4) is 11.4 Å². The molecule has 0 fully saturated rings. The van der Waals surface area contributed by atoms with Gasteiger partial charge >= 0.3 is 5.97 Å². The van der Waals surface area contributed by atoms with Crippen LogP contribution in [0.1, 0.15) is 10.5 Å². The molecule has 0 saturated heterocycles. The summed E-state index contributed by atoms with van der Waals surface area (Å²) in [7, 11) is 0. The third-order valence-corrected chi connectivity index (χ3v) is 4.02. The predicted molar refractivity (Wildman–Crippen MR) is 98.7 cm³/mol. The molecule has 27 heavy (non-hydrogen) atoms. The molecule has 4 aromatic rings. The Morgan fingerprint density at radius 2 is 1.48 bits per heavy atom. The highest BCUT2D eigenvalue weighted by molar-refractivity contribution is 6.03. The quantitative estimate of drug-likeness (QED) is 0.412. The number of aromatic nitrogens is 2. The molecule has 5 nitrogen and oxygen atoms in total. The monoisotopic (exact) mass is 360 g/mol. The molecule has 0 aliphatic rings. The topological polar surface area (TPSA) is 61.2 Å². The van der Waals surface area contributed by atoms with E-state index in [4.69, 9.17) is 4.74 Å². The van der Waals surface area contributed by atoms with Crippen molar-refractivity contribution in [2.75, 3.05) is 0 Å². The van der Waals surface area contributed by atoms with Gasteiger partial charge in [0.25, 0.3) is 5.56 Å². The second-order valence-corrected chi connectivity index (χ2v) is 5.79. The summed E-state index contributed by atoms with van der Waals surface area (Å²) in [6.45, 7) is 0. The van der Waals surface area contributed by atoms with Crippen LogP contribution < -0.4 is 10.3 Å². The van der Waals surface area contributed by atoms with E-state index in [9.17, 15) is 14.0 Å². The van der Waals surface area contributed by atoms with Crippen molar-refractivity contribution < 1.29 is 13.9 Å². The second kappa shape index (κ2) is 6.84. The van der Waals surface area contributed by atoms with Crippen molar-refractivity contribution in [1.29, 1.82) is 0 Å². The maximum Gasteiger partial charge on any atom is 0.364 e. The van der Waals surface area contributed by atoms with Gasteiger partial charge in [0.2, 0.25) is 0 Å². The normalized spacial score (nSPS) is 10.7. The lowest BCUT2D eigenvalue weighted by atomic mass is 10.1. The van der Waals surface area contributed by atoms with Gasteiger partial charge in [0.1, 0.15) is 11.6 Å². The summed E-state index contributed by atoms with van der Waals surface area (Å²) in [4.78, 5) is 25.5. The molecule has 0 bridgehead atoms. The SMILES string of the molecule is O=C(Oc1ccc(F)cc1)c1nn(-c2ccccc2)c(=O)c2ccccc12. The average Bonchev–Trinajstić information content (AvgIpc) is 2.71. The van der Waals surface area contributed by atoms with Crippen molar-refractivity contribution in [2.45, 2.75) is 0 Å². The molecule has 0 aliphatic carbocycles. The molecule has 0 aliphatic heterocycles. The number of benzene rings is 3. The van der Waals surface area contributed by atoms with E-state index in [1.807, 2.05) is 6.07 Å². The van der Waals surface area contributed by atoms with Crippen LogP contribution in [0.25, 0.3) is 16.5 Å². The highest BCUT2D eigenvalue weighted by Crippen LogP contribution is 2.18. The molecule has 0 saturated carbocycles. The van der Waals surface area contributed by atoms with E-state index in [0.29, 0.717) is 16.5 Å². The molecule has 132 valence electrons. The number of ether oxygens (including phenoxy) is 1. The Balaban J connectivity index is 1.86. The molecule has 6 heteroatoms. The summed E-state index contributed by atoms with van der Waals surface area (Å²) in [5.41, 5.74) is 0.192. The smallest absolute Gasteiger partial charge is 0.364 e. The summed E-state index contributed by atoms with van der Waals surface area (Å²) >= 11 is 0. The van der Waals surface area contributed by atoms with Crippen molar-refractivity contribution >= 4 is 16.7 Å². The lowest BCUT2D eigenvalue weighted by molar-refractivity contribution is 0.0728. The first kappa shape index (κ1) is 16.7. The fourth-order valence-electron chi connectivity index (χ4n) is 2.74. The van der Waals surface area contributed by atoms with Crippen molar-refractivity contribution in [3.63, 3.8) is 0 Å². The van der Waals surface area contributed by atoms with E-state index in [-0.39, 0.29) is 17.0 Å². The molecule has 0 amide bonds. The van der Waals surface area contributed by atoms with Gasteiger partial charge in [0, 0.05) is 5.39 Å². The summed E-state index contributed by atoms with van der Waals surface area (Å²) in [6, 6.07) is 20.6. The number of halogens is 1. The zero-order valence-electron chi connectivity index (χ0n) is 14.0. The number of para-hydroxylation sites is 1. The van der Waals surface area contributed by atoms with E-state index < -0.39 is 11.8 Å². The van der Waals surface area contributed by atoms with Crippen LogP contribution in [-0.4, -0.2) is 15.7 Å². The number of carbonyl (C=O) groups is 1. The minimum absolute atomic E-state index is 0.00150. The van der Waals surface area contributed by atoms with Gasteiger partial charge in [0.15, 0.2) is 5.69 Å². The van der Waals surface area contributed by atoms with Gasteiger partial charge in [-0.3, -0.25) is 4.79 Å². The molecule has 1 aromatic heterocycles. The van der Waals surface area contributed by atoms with Crippen molar-refractivity contribution in [2.24, 2.45) is 0 Å². The molecule has 0 spiro atoms. The molecule has 3 aromatic carbocycles. The third-order valence-electron chi connectivity index (χ3n) is 4.02. The highest BCUT2D eigenvalue weighted by Gasteiger charge is 2.19. The summed E-state index contributed by atoms with van der Waals surface area (Å²) in [6.07, 6.45) is 0. The number of rotatable bonds is 3. The number of esters is 1. The van der Waals surface area contributed by atoms with Crippen molar-refractivity contribution in [3.05, 3.63) is 101 Å². The first-order chi connectivity index (χ1) is 13.1. The maximum atomic E-state index is 13.0. The summed E-state index contributed by atoms with van der Waals surface area (Å²) < 4.78 is 19.5. The minimum atomic E-state index is -0.734. The first-order valence-electron chi connectivity index (χ1n) is 8.19. The fourth-order valence-corrected chi connectivity index (χ4v) is 2.74. The van der Waals surface area contributed by atoms with Crippen LogP contribution in [0.15, 0.2) is 83.7 Å². The summed E-state index contributed by atoms with van der Waals surface area (Å²) in [5.74, 6) is -0.983. The van der Waals surface area contributed by atoms with Crippen LogP contribution in [0.3, 0.4) is 0 Å². The lowest BCUT2D eigenvalue weighted by Crippen LogP contribution is -2.25. The van der Waals surface area contributed by atoms with Crippen LogP contribution in [0.2, 0.25) is 0 Å². The first-order valence-corrected chi connectivity index (χ1v) is 8.19. The highest BCUT2D eigenvalue weighted by atomic mass is 19.1. The number of fused-ring (bicyclic) bond motifs is 1. The number of hydrogen-bond acceptors (Lipinski definition) is 4. The Bertz CT molecular complexity index is 1190. The lowest BCUT2D eigenvalue weighted by Gasteiger charge is -2.10. The minimum Gasteiger partial charge on any atom is -0.422 e. The Morgan fingerprint density at radius 3 is 2.19 bits per heavy atom. The molecular weight excluding hydrogens is 347 g/mol. The second-order valence-electron chi connectivity index (χ2n) is 5.79. The van der Waals surface area contributed by atoms with E-state index in [2.05, 4.69) is 5.10 Å². The van der Waals surface area contributed by atoms with Gasteiger partial charge < -0.3 is 4.74 Å². The standard InChI is InChI=1S/C21H13FN2O3/c22-14-10-12-16(13-11-14)27-21(26)19-17-8-4-5-9-18(17)20(25)24(23-19)15-6-2-1-3-7-15/h1-13H. The van der Waals surface area contributed by atoms with Crippen LogP contribution in [0.4, 0.5) is 4.39 Å². The summed E-state index contributed by atoms with van der Waals surface area (Å²) in [5, 5.41) is 4.98. The molecule has 0 unspecified atom stereocenters. The molecule has 0 atom stereocenters. The zero-order valence-corrected chi connectivity index (χ0v) is 14.0. The Kier molecular flexibility index (Phi) is 4.22. The predicted octanol–water partition coefficient (Wildman–Crippen LogP) is 3.74. The molecular formula is C21H13FN2O3. The number of nitrogens with zero attached hydrogens (tertiary/aromatic N) is 2. The van der Waals surface area contributed by atoms with Crippen LogP contribution in [0.5, 0.6) is 5.75 Å². The number of carbonyl (C=O) groups excluding carboxylic acids is 1. The molecule has 4 rings (SSSR count). The maximum absolute atomic E-state index is 13.0. The van der Waals surface area contributed by atoms with Crippen molar-refractivity contribution in [1.82, 2.24) is 9.78 Å². The van der Waals surface area contributed by atoms with E-state index >= 15 is 0 Å². The third kappa shape index (κ3) is 3.20. The van der Waals surface area contributed by atoms with E-state index in [0.717, 1.165) is 0 Å². The molecule has 0 radical (unpaired) electrons. The molecule has 0 N–H and O–H groups in total. The fraction of sp³-hybridized carbons (Fsp3) is 0. The van der Waals surface area contributed by atoms with Crippen LogP contribution in [0, 0.1) is 5.82 Å². The largest absolute Gasteiger partial charge is 0.422 e. The Labute approximate surface area is 153 Å². The van der Waals surface area contributed by atoms with Gasteiger partial charge in [0.05, 0.1) is 11.1 Å². The van der Waals surface area contributed by atoms with E-state index in [1.165, 1.54) is 28.9 Å². The average molecular weight is 360 g/mol. The van der Waals surface area contributed by atoms with Crippen LogP contribution in [-0.2, 0) is 0 Å². The van der Waals surface area contributed by atoms with E-state index in [1.54, 1.807) is 48.5 Å². The van der Waals surface area contributed by atoms with Gasteiger partial charge in [-0.15, -0.1) is 0 Å². The zero-order chi connectivity index (χ0) is 18.8. The Morgan fingerprint density at radius 1 is 0.852 bits per heavy atom. The van der Waals surface area contributed by atoms with Gasteiger partial charge in [-0.05, 0) is 42.5 Å². The van der Waals surface area contributed by atoms with Gasteiger partial charge in [-0.25, -0.2) is 9.18 Å². The number of hydrogen-bond donors (Lipinski definition) is 0. The molecule has 1 heterocycles.